The van der Waals surface area contributed by atoms with Crippen LogP contribution < -0.4 is 31.5 Å². The molecule has 8 rings (SSSR count). The third kappa shape index (κ3) is 9.27. The summed E-state index contributed by atoms with van der Waals surface area (Å²) in [5.41, 5.74) is 9.50. The number of carbonyl (C=O) groups excluding carboxylic acids is 5. The Hall–Kier alpha value is -5.77. The van der Waals surface area contributed by atoms with E-state index >= 15 is 0 Å². The van der Waals surface area contributed by atoms with Crippen LogP contribution in [0.4, 0.5) is 27.8 Å². The highest BCUT2D eigenvalue weighted by Gasteiger charge is 2.35. The zero-order chi connectivity index (χ0) is 41.0. The summed E-state index contributed by atoms with van der Waals surface area (Å²) < 4.78 is 0. The van der Waals surface area contributed by atoms with Crippen molar-refractivity contribution in [2.45, 2.75) is 69.4 Å². The maximum absolute atomic E-state index is 12.7. The maximum atomic E-state index is 12.7. The van der Waals surface area contributed by atoms with Crippen molar-refractivity contribution in [1.82, 2.24) is 35.3 Å². The number of amides is 6. The van der Waals surface area contributed by atoms with Crippen LogP contribution in [0.1, 0.15) is 83.7 Å². The molecule has 0 saturated carbocycles. The van der Waals surface area contributed by atoms with Gasteiger partial charge >= 0.3 is 6.03 Å². The number of imide groups is 1. The minimum absolute atomic E-state index is 0.0689. The summed E-state index contributed by atoms with van der Waals surface area (Å²) in [6.07, 6.45) is 8.45. The van der Waals surface area contributed by atoms with Crippen LogP contribution in [-0.4, -0.2) is 132 Å². The molecule has 0 radical (unpaired) electrons. The van der Waals surface area contributed by atoms with Crippen LogP contribution in [0.2, 0.25) is 0 Å². The van der Waals surface area contributed by atoms with Gasteiger partial charge in [0.1, 0.15) is 11.9 Å². The average Bonchev–Trinajstić information content (AvgIpc) is 3.59. The van der Waals surface area contributed by atoms with Crippen molar-refractivity contribution in [1.29, 1.82) is 0 Å². The van der Waals surface area contributed by atoms with E-state index < -0.39 is 17.9 Å². The lowest BCUT2D eigenvalue weighted by atomic mass is 9.88. The molecule has 6 heterocycles. The average molecular weight is 806 g/mol. The second-order valence-electron chi connectivity index (χ2n) is 16.7. The predicted molar refractivity (Wildman–Crippen MR) is 224 cm³/mol. The largest absolute Gasteiger partial charge is 0.372 e. The molecule has 2 aromatic carbocycles. The van der Waals surface area contributed by atoms with E-state index in [2.05, 4.69) is 47.8 Å². The zero-order valence-electron chi connectivity index (χ0n) is 33.8. The van der Waals surface area contributed by atoms with Crippen LogP contribution in [0.3, 0.4) is 0 Å². The van der Waals surface area contributed by atoms with Gasteiger partial charge in [-0.1, -0.05) is 12.1 Å². The van der Waals surface area contributed by atoms with Crippen molar-refractivity contribution in [2.75, 3.05) is 81.1 Å². The quantitative estimate of drug-likeness (QED) is 0.208. The number of nitrogens with zero attached hydrogens (tertiary/aromatic N) is 7. The fraction of sp³-hybridized carbons (Fsp3) is 0.512. The van der Waals surface area contributed by atoms with Gasteiger partial charge in [-0.15, -0.1) is 0 Å². The van der Waals surface area contributed by atoms with Crippen molar-refractivity contribution < 1.29 is 24.0 Å². The van der Waals surface area contributed by atoms with Gasteiger partial charge in [-0.3, -0.25) is 24.5 Å². The monoisotopic (exact) mass is 805 g/mol. The smallest absolute Gasteiger partial charge is 0.320 e. The van der Waals surface area contributed by atoms with E-state index in [-0.39, 0.29) is 36.0 Å². The van der Waals surface area contributed by atoms with Gasteiger partial charge in [0.15, 0.2) is 11.5 Å². The molecular formula is C43H55N11O5. The Kier molecular flexibility index (Phi) is 11.9. The predicted octanol–water partition coefficient (Wildman–Crippen LogP) is 3.29. The number of hydrogen-bond acceptors (Lipinski definition) is 11. The first-order chi connectivity index (χ1) is 28.6. The minimum Gasteiger partial charge on any atom is -0.372 e. The number of likely N-dealkylation sites (N-methyl/N-ethyl adjacent to an activating group) is 1. The molecule has 0 spiro atoms. The van der Waals surface area contributed by atoms with Crippen LogP contribution in [0, 0.1) is 5.92 Å². The molecule has 5 aliphatic rings. The van der Waals surface area contributed by atoms with Crippen molar-refractivity contribution in [3.8, 4) is 0 Å². The number of aromatic nitrogens is 2. The van der Waals surface area contributed by atoms with Crippen molar-refractivity contribution in [3.05, 3.63) is 71.5 Å². The second kappa shape index (κ2) is 17.6. The summed E-state index contributed by atoms with van der Waals surface area (Å²) in [6, 6.07) is 15.4. The number of anilines is 4. The van der Waals surface area contributed by atoms with Gasteiger partial charge in [0.2, 0.25) is 11.8 Å². The molecule has 0 bridgehead atoms. The summed E-state index contributed by atoms with van der Waals surface area (Å²) in [4.78, 5) is 81.3. The first-order valence-electron chi connectivity index (χ1n) is 21.1. The number of rotatable bonds is 11. The van der Waals surface area contributed by atoms with Gasteiger partial charge in [0.25, 0.3) is 11.8 Å². The molecule has 16 heteroatoms. The summed E-state index contributed by atoms with van der Waals surface area (Å²) in [7, 11) is 1.84. The number of nitrogens with two attached hydrogens (primary N) is 1. The molecule has 2 atom stereocenters. The van der Waals surface area contributed by atoms with E-state index in [0.717, 1.165) is 102 Å². The summed E-state index contributed by atoms with van der Waals surface area (Å²) in [5, 5.41) is 8.33. The van der Waals surface area contributed by atoms with Gasteiger partial charge in [-0.2, -0.15) is 0 Å². The standard InChI is InChI=1S/C43H55N11O5/c1-50-23-24-54(43(50)59)34-3-2-18-53(27-34)36-25-45-38(39(44)56)40(48-36)46-32-8-4-29(5-9-32)30-16-19-51(20-17-30)26-28-14-21-52(22-15-28)33-10-6-31(7-11-33)41(57)47-35-12-13-37(55)49-42(35)58/h4-11,25,28,30,34-35H,2-3,12-24,26-27H2,1H3,(H2,44,56)(H,46,48)(H,47,57)(H,49,55,58)/t34-,35?/m1/s1. The molecule has 6 amide bonds. The third-order valence-electron chi connectivity index (χ3n) is 12.8. The van der Waals surface area contributed by atoms with Crippen LogP contribution in [0.15, 0.2) is 54.7 Å². The lowest BCUT2D eigenvalue weighted by Crippen LogP contribution is -2.52. The van der Waals surface area contributed by atoms with Crippen LogP contribution >= 0.6 is 0 Å². The van der Waals surface area contributed by atoms with Gasteiger partial charge < -0.3 is 40.9 Å². The van der Waals surface area contributed by atoms with E-state index in [1.54, 1.807) is 23.2 Å². The highest BCUT2D eigenvalue weighted by atomic mass is 16.2. The van der Waals surface area contributed by atoms with Gasteiger partial charge in [-0.25, -0.2) is 14.8 Å². The van der Waals surface area contributed by atoms with E-state index in [1.165, 1.54) is 5.56 Å². The molecule has 1 unspecified atom stereocenters. The number of carbonyl (C=O) groups is 5. The van der Waals surface area contributed by atoms with Gasteiger partial charge in [-0.05, 0) is 112 Å². The Morgan fingerprint density at radius 1 is 0.847 bits per heavy atom. The van der Waals surface area contributed by atoms with Crippen LogP contribution in [-0.2, 0) is 9.59 Å². The number of likely N-dealkylation sites (tertiary alicyclic amines) is 1. The van der Waals surface area contributed by atoms with Crippen LogP contribution in [0.25, 0.3) is 0 Å². The van der Waals surface area contributed by atoms with E-state index in [4.69, 9.17) is 10.7 Å². The summed E-state index contributed by atoms with van der Waals surface area (Å²) >= 11 is 0. The molecule has 59 heavy (non-hydrogen) atoms. The zero-order valence-corrected chi connectivity index (χ0v) is 33.8. The Morgan fingerprint density at radius 3 is 2.27 bits per heavy atom. The van der Waals surface area contributed by atoms with Gasteiger partial charge in [0.05, 0.1) is 12.2 Å². The highest BCUT2D eigenvalue weighted by Crippen LogP contribution is 2.32. The number of hydrogen-bond donors (Lipinski definition) is 4. The van der Waals surface area contributed by atoms with Crippen molar-refractivity contribution >= 4 is 52.7 Å². The van der Waals surface area contributed by atoms with Crippen molar-refractivity contribution in [2.24, 2.45) is 11.7 Å². The molecule has 0 aliphatic carbocycles. The third-order valence-corrected chi connectivity index (χ3v) is 12.8. The fourth-order valence-electron chi connectivity index (χ4n) is 9.28. The fourth-order valence-corrected chi connectivity index (χ4v) is 9.28. The second-order valence-corrected chi connectivity index (χ2v) is 16.7. The Bertz CT molecular complexity index is 2030. The number of urea groups is 1. The Morgan fingerprint density at radius 2 is 1.59 bits per heavy atom. The van der Waals surface area contributed by atoms with E-state index in [0.29, 0.717) is 42.0 Å². The molecule has 16 nitrogen and oxygen atoms in total. The number of primary amides is 1. The first kappa shape index (κ1) is 40.0. The molecule has 1 aromatic heterocycles. The molecule has 5 aliphatic heterocycles. The van der Waals surface area contributed by atoms with Crippen LogP contribution in [0.5, 0.6) is 0 Å². The summed E-state index contributed by atoms with van der Waals surface area (Å²) in [5.74, 6) is 0.383. The molecule has 312 valence electrons. The first-order valence-corrected chi connectivity index (χ1v) is 21.1. The molecule has 5 N–H and O–H groups in total. The lowest BCUT2D eigenvalue weighted by molar-refractivity contribution is -0.134. The maximum Gasteiger partial charge on any atom is 0.320 e. The van der Waals surface area contributed by atoms with Gasteiger partial charge in [0, 0.05) is 76.2 Å². The lowest BCUT2D eigenvalue weighted by Gasteiger charge is -2.38. The minimum atomic E-state index is -0.691. The van der Waals surface area contributed by atoms with E-state index in [9.17, 15) is 24.0 Å². The number of benzene rings is 2. The molecule has 5 fully saturated rings. The number of piperidine rings is 4. The highest BCUT2D eigenvalue weighted by molar-refractivity contribution is 6.04. The normalized spacial score (nSPS) is 22.4. The molecule has 3 aromatic rings. The summed E-state index contributed by atoms with van der Waals surface area (Å²) in [6.45, 7) is 8.10. The SMILES string of the molecule is CN1CCN([C@@H]2CCCN(c3cnc(C(N)=O)c(Nc4ccc(C5CCN(CC6CCN(c7ccc(C(=O)NC8CCC(=O)NC8=O)cc7)CC6)CC5)cc4)n3)C2)C1=O. The molecule has 5 saturated heterocycles. The topological polar surface area (TPSA) is 189 Å². The van der Waals surface area contributed by atoms with Crippen molar-refractivity contribution in [3.63, 3.8) is 0 Å². The Labute approximate surface area is 344 Å². The molecular weight excluding hydrogens is 751 g/mol. The van der Waals surface area contributed by atoms with E-state index in [1.807, 2.05) is 36.2 Å². The number of nitrogens with one attached hydrogen (secondary N) is 3. The Balaban J connectivity index is 0.789.